The van der Waals surface area contributed by atoms with E-state index in [0.29, 0.717) is 16.5 Å². The maximum Gasteiger partial charge on any atom is 0.407 e. The molecule has 2 nitrogen and oxygen atoms in total. The first-order valence-electron chi connectivity index (χ1n) is 6.30. The molecule has 0 aliphatic heterocycles. The fourth-order valence-corrected chi connectivity index (χ4v) is 2.07. The molecule has 1 atom stereocenters. The summed E-state index contributed by atoms with van der Waals surface area (Å²) in [6.45, 7) is 3.72. The molecule has 2 aromatic rings. The minimum absolute atomic E-state index is 0.0455. The molecule has 108 valence electrons. The van der Waals surface area contributed by atoms with Gasteiger partial charge in [0.1, 0.15) is 11.8 Å². The van der Waals surface area contributed by atoms with Crippen LogP contribution in [0.15, 0.2) is 36.4 Å². The lowest BCUT2D eigenvalue weighted by molar-refractivity contribution is -0.148. The lowest BCUT2D eigenvalue weighted by atomic mass is 9.98. The first-order valence-corrected chi connectivity index (χ1v) is 6.30. The average Bonchev–Trinajstić information content (AvgIpc) is 2.35. The van der Waals surface area contributed by atoms with E-state index in [0.717, 1.165) is 0 Å². The minimum atomic E-state index is -4.47. The number of hydrogen-bond acceptors (Lipinski definition) is 2. The van der Waals surface area contributed by atoms with Gasteiger partial charge in [0, 0.05) is 0 Å². The highest BCUT2D eigenvalue weighted by molar-refractivity contribution is 5.87. The molecule has 0 bridgehead atoms. The highest BCUT2D eigenvalue weighted by atomic mass is 19.4. The van der Waals surface area contributed by atoms with Crippen LogP contribution in [0.1, 0.15) is 25.5 Å². The minimum Gasteiger partial charge on any atom is -0.491 e. The summed E-state index contributed by atoms with van der Waals surface area (Å²) in [6, 6.07) is 7.81. The Balaban J connectivity index is 2.54. The van der Waals surface area contributed by atoms with Crippen LogP contribution in [0.2, 0.25) is 0 Å². The highest BCUT2D eigenvalue weighted by Gasteiger charge is 2.38. The van der Waals surface area contributed by atoms with Gasteiger partial charge in [-0.2, -0.15) is 13.2 Å². The Morgan fingerprint density at radius 3 is 2.40 bits per heavy atom. The predicted molar refractivity (Wildman–Crippen MR) is 72.7 cm³/mol. The predicted octanol–water partition coefficient (Wildman–Crippen LogP) is 4.19. The summed E-state index contributed by atoms with van der Waals surface area (Å²) in [4.78, 5) is 0. The Hall–Kier alpha value is -1.75. The van der Waals surface area contributed by atoms with E-state index in [4.69, 9.17) is 10.5 Å². The number of rotatable bonds is 3. The Bertz CT molecular complexity index is 608. The Kier molecular flexibility index (Phi) is 3.90. The third-order valence-corrected chi connectivity index (χ3v) is 2.95. The molecule has 0 heterocycles. The number of fused-ring (bicyclic) bond motifs is 1. The highest BCUT2D eigenvalue weighted by Crippen LogP contribution is 2.35. The topological polar surface area (TPSA) is 35.2 Å². The fraction of sp³-hybridized carbons (Fsp3) is 0.333. The van der Waals surface area contributed by atoms with Gasteiger partial charge >= 0.3 is 6.18 Å². The molecule has 0 radical (unpaired) electrons. The molecule has 0 fully saturated rings. The standard InChI is InChI=1S/C15H16F3NO/c1-9(2)20-11-7-6-10-4-3-5-12(13(10)8-11)14(19)15(16,17)18/h3-9,14H,19H2,1-2H3/t14-/m0/s1. The molecule has 0 unspecified atom stereocenters. The number of hydrogen-bond donors (Lipinski definition) is 1. The van der Waals surface area contributed by atoms with E-state index in [1.165, 1.54) is 6.07 Å². The molecule has 0 aromatic heterocycles. The van der Waals surface area contributed by atoms with Crippen molar-refractivity contribution in [1.82, 2.24) is 0 Å². The van der Waals surface area contributed by atoms with Crippen LogP contribution in [0.3, 0.4) is 0 Å². The molecule has 2 N–H and O–H groups in total. The third-order valence-electron chi connectivity index (χ3n) is 2.95. The van der Waals surface area contributed by atoms with Crippen LogP contribution in [0, 0.1) is 0 Å². The summed E-state index contributed by atoms with van der Waals surface area (Å²) >= 11 is 0. The van der Waals surface area contributed by atoms with E-state index < -0.39 is 12.2 Å². The summed E-state index contributed by atoms with van der Waals surface area (Å²) in [5, 5.41) is 1.17. The van der Waals surface area contributed by atoms with Crippen molar-refractivity contribution in [1.29, 1.82) is 0 Å². The van der Waals surface area contributed by atoms with Crippen molar-refractivity contribution in [3.63, 3.8) is 0 Å². The quantitative estimate of drug-likeness (QED) is 0.916. The van der Waals surface area contributed by atoms with Gasteiger partial charge in [0.25, 0.3) is 0 Å². The second-order valence-electron chi connectivity index (χ2n) is 4.92. The van der Waals surface area contributed by atoms with Crippen LogP contribution in [0.25, 0.3) is 10.8 Å². The van der Waals surface area contributed by atoms with Gasteiger partial charge in [0.05, 0.1) is 6.10 Å². The number of ether oxygens (including phenoxy) is 1. The molecule has 2 aromatic carbocycles. The maximum atomic E-state index is 12.8. The molecule has 5 heteroatoms. The van der Waals surface area contributed by atoms with Crippen molar-refractivity contribution >= 4 is 10.8 Å². The summed E-state index contributed by atoms with van der Waals surface area (Å²) in [6.07, 6.45) is -4.51. The second-order valence-corrected chi connectivity index (χ2v) is 4.92. The number of halogens is 3. The molecule has 0 spiro atoms. The van der Waals surface area contributed by atoms with Crippen LogP contribution in [-0.2, 0) is 0 Å². The van der Waals surface area contributed by atoms with E-state index in [2.05, 4.69) is 0 Å². The largest absolute Gasteiger partial charge is 0.491 e. The molecule has 0 saturated carbocycles. The van der Waals surface area contributed by atoms with Gasteiger partial charge in [-0.05, 0) is 42.3 Å². The average molecular weight is 283 g/mol. The molecule has 0 aliphatic rings. The maximum absolute atomic E-state index is 12.8. The van der Waals surface area contributed by atoms with Crippen molar-refractivity contribution < 1.29 is 17.9 Å². The van der Waals surface area contributed by atoms with Gasteiger partial charge in [0.15, 0.2) is 0 Å². The van der Waals surface area contributed by atoms with Gasteiger partial charge in [0.2, 0.25) is 0 Å². The Labute approximate surface area is 115 Å². The first-order chi connectivity index (χ1) is 9.29. The fourth-order valence-electron chi connectivity index (χ4n) is 2.07. The van der Waals surface area contributed by atoms with E-state index in [-0.39, 0.29) is 11.7 Å². The second kappa shape index (κ2) is 5.32. The zero-order chi connectivity index (χ0) is 14.9. The van der Waals surface area contributed by atoms with Crippen LogP contribution in [-0.4, -0.2) is 12.3 Å². The third kappa shape index (κ3) is 3.04. The SMILES string of the molecule is CC(C)Oc1ccc2cccc([C@H](N)C(F)(F)F)c2c1. The lowest BCUT2D eigenvalue weighted by Crippen LogP contribution is -2.28. The van der Waals surface area contributed by atoms with Crippen molar-refractivity contribution in [2.45, 2.75) is 32.2 Å². The van der Waals surface area contributed by atoms with Crippen LogP contribution in [0.5, 0.6) is 5.75 Å². The summed E-state index contributed by atoms with van der Waals surface area (Å²) in [5.74, 6) is 0.536. The van der Waals surface area contributed by atoms with E-state index >= 15 is 0 Å². The Morgan fingerprint density at radius 1 is 1.10 bits per heavy atom. The molecular formula is C15H16F3NO. The smallest absolute Gasteiger partial charge is 0.407 e. The molecule has 20 heavy (non-hydrogen) atoms. The van der Waals surface area contributed by atoms with Crippen molar-refractivity contribution in [3.8, 4) is 5.75 Å². The van der Waals surface area contributed by atoms with E-state index in [1.807, 2.05) is 13.8 Å². The normalized spacial score (nSPS) is 13.8. The molecular weight excluding hydrogens is 267 g/mol. The van der Waals surface area contributed by atoms with Crippen LogP contribution < -0.4 is 10.5 Å². The molecule has 0 aliphatic carbocycles. The summed E-state index contributed by atoms with van der Waals surface area (Å²) in [5.41, 5.74) is 5.38. The number of alkyl halides is 3. The molecule has 0 amide bonds. The van der Waals surface area contributed by atoms with Gasteiger partial charge in [-0.25, -0.2) is 0 Å². The number of nitrogens with two attached hydrogens (primary N) is 1. The van der Waals surface area contributed by atoms with Crippen molar-refractivity contribution in [2.75, 3.05) is 0 Å². The first kappa shape index (κ1) is 14.7. The number of benzene rings is 2. The lowest BCUT2D eigenvalue weighted by Gasteiger charge is -2.18. The van der Waals surface area contributed by atoms with Gasteiger partial charge in [-0.15, -0.1) is 0 Å². The van der Waals surface area contributed by atoms with Crippen LogP contribution >= 0.6 is 0 Å². The summed E-state index contributed by atoms with van der Waals surface area (Å²) in [7, 11) is 0. The monoisotopic (exact) mass is 283 g/mol. The molecule has 0 saturated heterocycles. The summed E-state index contributed by atoms with van der Waals surface area (Å²) < 4.78 is 44.0. The zero-order valence-electron chi connectivity index (χ0n) is 11.2. The Morgan fingerprint density at radius 2 is 1.80 bits per heavy atom. The molecule has 2 rings (SSSR count). The van der Waals surface area contributed by atoms with Crippen molar-refractivity contribution in [3.05, 3.63) is 42.0 Å². The van der Waals surface area contributed by atoms with Gasteiger partial charge < -0.3 is 10.5 Å². The van der Waals surface area contributed by atoms with Crippen LogP contribution in [0.4, 0.5) is 13.2 Å². The van der Waals surface area contributed by atoms with E-state index in [1.54, 1.807) is 30.3 Å². The van der Waals surface area contributed by atoms with Crippen molar-refractivity contribution in [2.24, 2.45) is 5.73 Å². The zero-order valence-corrected chi connectivity index (χ0v) is 11.2. The van der Waals surface area contributed by atoms with Gasteiger partial charge in [-0.3, -0.25) is 0 Å². The van der Waals surface area contributed by atoms with E-state index in [9.17, 15) is 13.2 Å². The van der Waals surface area contributed by atoms with Gasteiger partial charge in [-0.1, -0.05) is 24.3 Å².